The summed E-state index contributed by atoms with van der Waals surface area (Å²) in [4.78, 5) is 30.4. The van der Waals surface area contributed by atoms with Crippen LogP contribution in [0.15, 0.2) is 42.7 Å². The highest BCUT2D eigenvalue weighted by Gasteiger charge is 2.25. The lowest BCUT2D eigenvalue weighted by molar-refractivity contribution is 0.0698. The molecule has 2 amide bonds. The highest BCUT2D eigenvalue weighted by Crippen LogP contribution is 2.24. The monoisotopic (exact) mass is 377 g/mol. The Labute approximate surface area is 155 Å². The SMILES string of the molecule is O=C(NC1CCN(C(=O)c2ccc(Cl)c(Cl)c2)CC1)c1cccnc1. The van der Waals surface area contributed by atoms with Crippen LogP contribution in [0.2, 0.25) is 10.0 Å². The summed E-state index contributed by atoms with van der Waals surface area (Å²) < 4.78 is 0. The Morgan fingerprint density at radius 2 is 1.84 bits per heavy atom. The van der Waals surface area contributed by atoms with Crippen LogP contribution in [-0.2, 0) is 0 Å². The summed E-state index contributed by atoms with van der Waals surface area (Å²) in [7, 11) is 0. The molecule has 0 atom stereocenters. The predicted octanol–water partition coefficient (Wildman–Crippen LogP) is 3.42. The average Bonchev–Trinajstić information content (AvgIpc) is 2.65. The number of nitrogens with zero attached hydrogens (tertiary/aromatic N) is 2. The molecule has 2 aromatic rings. The maximum Gasteiger partial charge on any atom is 0.253 e. The lowest BCUT2D eigenvalue weighted by Gasteiger charge is -2.32. The van der Waals surface area contributed by atoms with Crippen molar-refractivity contribution in [3.05, 3.63) is 63.9 Å². The zero-order valence-electron chi connectivity index (χ0n) is 13.4. The summed E-state index contributed by atoms with van der Waals surface area (Å²) in [5.41, 5.74) is 1.06. The van der Waals surface area contributed by atoms with E-state index in [-0.39, 0.29) is 17.9 Å². The number of carbonyl (C=O) groups excluding carboxylic acids is 2. The minimum Gasteiger partial charge on any atom is -0.349 e. The zero-order valence-corrected chi connectivity index (χ0v) is 14.9. The van der Waals surface area contributed by atoms with E-state index < -0.39 is 0 Å². The van der Waals surface area contributed by atoms with E-state index in [4.69, 9.17) is 23.2 Å². The molecule has 3 rings (SSSR count). The molecule has 0 spiro atoms. The molecule has 7 heteroatoms. The molecule has 0 bridgehead atoms. The third-order valence-corrected chi connectivity index (χ3v) is 4.95. The predicted molar refractivity (Wildman–Crippen MR) is 97.1 cm³/mol. The lowest BCUT2D eigenvalue weighted by Crippen LogP contribution is -2.46. The standard InChI is InChI=1S/C18H17Cl2N3O2/c19-15-4-3-12(10-16(15)20)18(25)23-8-5-14(6-9-23)22-17(24)13-2-1-7-21-11-13/h1-4,7,10-11,14H,5-6,8-9H2,(H,22,24). The molecule has 25 heavy (non-hydrogen) atoms. The summed E-state index contributed by atoms with van der Waals surface area (Å²) in [5.74, 6) is -0.210. The molecular weight excluding hydrogens is 361 g/mol. The highest BCUT2D eigenvalue weighted by molar-refractivity contribution is 6.42. The van der Waals surface area contributed by atoms with Gasteiger partial charge >= 0.3 is 0 Å². The number of halogens is 2. The van der Waals surface area contributed by atoms with Crippen molar-refractivity contribution in [2.24, 2.45) is 0 Å². The first-order chi connectivity index (χ1) is 12.0. The number of carbonyl (C=O) groups is 2. The molecule has 130 valence electrons. The van der Waals surface area contributed by atoms with Gasteiger partial charge in [-0.1, -0.05) is 23.2 Å². The molecule has 1 N–H and O–H groups in total. The number of hydrogen-bond acceptors (Lipinski definition) is 3. The summed E-state index contributed by atoms with van der Waals surface area (Å²) in [6.07, 6.45) is 4.58. The Hall–Kier alpha value is -2.11. The van der Waals surface area contributed by atoms with Crippen molar-refractivity contribution in [2.45, 2.75) is 18.9 Å². The van der Waals surface area contributed by atoms with Crippen molar-refractivity contribution in [2.75, 3.05) is 13.1 Å². The molecule has 5 nitrogen and oxygen atoms in total. The van der Waals surface area contributed by atoms with Gasteiger partial charge in [-0.15, -0.1) is 0 Å². The van der Waals surface area contributed by atoms with Crippen LogP contribution in [0, 0.1) is 0 Å². The van der Waals surface area contributed by atoms with Gasteiger partial charge in [0.1, 0.15) is 0 Å². The van der Waals surface area contributed by atoms with Gasteiger partial charge in [-0.3, -0.25) is 14.6 Å². The Bertz CT molecular complexity index is 775. The van der Waals surface area contributed by atoms with Crippen molar-refractivity contribution in [1.82, 2.24) is 15.2 Å². The second kappa shape index (κ2) is 7.85. The first-order valence-corrected chi connectivity index (χ1v) is 8.75. The van der Waals surface area contributed by atoms with Gasteiger partial charge in [0.2, 0.25) is 0 Å². The minimum atomic E-state index is -0.137. The van der Waals surface area contributed by atoms with Crippen molar-refractivity contribution < 1.29 is 9.59 Å². The molecule has 0 saturated carbocycles. The maximum atomic E-state index is 12.5. The van der Waals surface area contributed by atoms with Gasteiger partial charge in [-0.2, -0.15) is 0 Å². The largest absolute Gasteiger partial charge is 0.349 e. The zero-order chi connectivity index (χ0) is 17.8. The van der Waals surface area contributed by atoms with E-state index in [1.165, 1.54) is 6.20 Å². The Kier molecular flexibility index (Phi) is 5.56. The number of rotatable bonds is 3. The summed E-state index contributed by atoms with van der Waals surface area (Å²) in [5, 5.41) is 3.79. The van der Waals surface area contributed by atoms with Gasteiger partial charge in [0, 0.05) is 37.1 Å². The van der Waals surface area contributed by atoms with Crippen LogP contribution < -0.4 is 5.32 Å². The molecule has 1 aromatic carbocycles. The number of amides is 2. The number of pyridine rings is 1. The minimum absolute atomic E-state index is 0.0468. The first kappa shape index (κ1) is 17.7. The van der Waals surface area contributed by atoms with E-state index in [1.54, 1.807) is 41.4 Å². The fraction of sp³-hybridized carbons (Fsp3) is 0.278. The molecule has 1 aliphatic rings. The highest BCUT2D eigenvalue weighted by atomic mass is 35.5. The molecule has 1 saturated heterocycles. The molecule has 1 aromatic heterocycles. The van der Waals surface area contributed by atoms with Gasteiger partial charge in [0.25, 0.3) is 11.8 Å². The fourth-order valence-electron chi connectivity index (χ4n) is 2.80. The Morgan fingerprint density at radius 1 is 1.08 bits per heavy atom. The second-order valence-corrected chi connectivity index (χ2v) is 6.72. The molecule has 2 heterocycles. The van der Waals surface area contributed by atoms with Gasteiger partial charge < -0.3 is 10.2 Å². The van der Waals surface area contributed by atoms with Crippen LogP contribution in [0.1, 0.15) is 33.6 Å². The van der Waals surface area contributed by atoms with Gasteiger partial charge in [0.05, 0.1) is 15.6 Å². The Morgan fingerprint density at radius 3 is 2.48 bits per heavy atom. The number of piperidine rings is 1. The van der Waals surface area contributed by atoms with Crippen LogP contribution in [0.4, 0.5) is 0 Å². The summed E-state index contributed by atoms with van der Waals surface area (Å²) in [6.45, 7) is 1.16. The van der Waals surface area contributed by atoms with E-state index in [1.807, 2.05) is 0 Å². The van der Waals surface area contributed by atoms with E-state index >= 15 is 0 Å². The van der Waals surface area contributed by atoms with E-state index in [0.29, 0.717) is 47.1 Å². The number of nitrogens with one attached hydrogen (secondary N) is 1. The second-order valence-electron chi connectivity index (χ2n) is 5.91. The van der Waals surface area contributed by atoms with E-state index in [9.17, 15) is 9.59 Å². The van der Waals surface area contributed by atoms with Gasteiger partial charge in [-0.05, 0) is 43.2 Å². The van der Waals surface area contributed by atoms with Crippen LogP contribution in [-0.4, -0.2) is 40.8 Å². The van der Waals surface area contributed by atoms with Gasteiger partial charge in [-0.25, -0.2) is 0 Å². The molecule has 0 unspecified atom stereocenters. The molecule has 0 radical (unpaired) electrons. The average molecular weight is 378 g/mol. The maximum absolute atomic E-state index is 12.5. The number of aromatic nitrogens is 1. The third kappa shape index (κ3) is 4.30. The Balaban J connectivity index is 1.55. The van der Waals surface area contributed by atoms with Crippen molar-refractivity contribution in [3.8, 4) is 0 Å². The molecule has 1 fully saturated rings. The van der Waals surface area contributed by atoms with Crippen molar-refractivity contribution in [1.29, 1.82) is 0 Å². The summed E-state index contributed by atoms with van der Waals surface area (Å²) in [6, 6.07) is 8.39. The van der Waals surface area contributed by atoms with Crippen LogP contribution in [0.25, 0.3) is 0 Å². The smallest absolute Gasteiger partial charge is 0.253 e. The number of likely N-dealkylation sites (tertiary alicyclic amines) is 1. The molecule has 0 aliphatic carbocycles. The van der Waals surface area contributed by atoms with Crippen molar-refractivity contribution in [3.63, 3.8) is 0 Å². The lowest BCUT2D eigenvalue weighted by atomic mass is 10.0. The normalized spacial score (nSPS) is 15.0. The molecular formula is C18H17Cl2N3O2. The number of hydrogen-bond donors (Lipinski definition) is 1. The third-order valence-electron chi connectivity index (χ3n) is 4.21. The topological polar surface area (TPSA) is 62.3 Å². The van der Waals surface area contributed by atoms with Gasteiger partial charge in [0.15, 0.2) is 0 Å². The fourth-order valence-corrected chi connectivity index (χ4v) is 3.10. The van der Waals surface area contributed by atoms with Crippen LogP contribution in [0.3, 0.4) is 0 Å². The number of benzene rings is 1. The van der Waals surface area contributed by atoms with Crippen LogP contribution >= 0.6 is 23.2 Å². The van der Waals surface area contributed by atoms with Crippen LogP contribution in [0.5, 0.6) is 0 Å². The molecule has 1 aliphatic heterocycles. The van der Waals surface area contributed by atoms with Crippen molar-refractivity contribution >= 4 is 35.0 Å². The van der Waals surface area contributed by atoms with E-state index in [2.05, 4.69) is 10.3 Å². The quantitative estimate of drug-likeness (QED) is 0.890. The van der Waals surface area contributed by atoms with E-state index in [0.717, 1.165) is 0 Å². The summed E-state index contributed by atoms with van der Waals surface area (Å²) >= 11 is 11.9. The first-order valence-electron chi connectivity index (χ1n) is 8.00.